The smallest absolute Gasteiger partial charge is 0.150 e. The highest BCUT2D eigenvalue weighted by molar-refractivity contribution is 5.78. The highest BCUT2D eigenvalue weighted by atomic mass is 16.1. The van der Waals surface area contributed by atoms with E-state index in [4.69, 9.17) is 0 Å². The Morgan fingerprint density at radius 3 is 2.73 bits per heavy atom. The van der Waals surface area contributed by atoms with Crippen LogP contribution < -0.4 is 0 Å². The number of rotatable bonds is 1. The van der Waals surface area contributed by atoms with E-state index >= 15 is 0 Å². The fourth-order valence-corrected chi connectivity index (χ4v) is 0.908. The summed E-state index contributed by atoms with van der Waals surface area (Å²) in [7, 11) is 0. The van der Waals surface area contributed by atoms with E-state index in [2.05, 4.69) is 19.9 Å². The molecule has 11 heavy (non-hydrogen) atoms. The average Bonchev–Trinajstić information content (AvgIpc) is 2.10. The monoisotopic (exact) mass is 148 g/mol. The molecule has 1 aliphatic rings. The Bertz CT molecular complexity index is 242. The lowest BCUT2D eigenvalue weighted by molar-refractivity contribution is -0.104. The highest BCUT2D eigenvalue weighted by Gasteiger charge is 2.09. The second-order valence-electron chi connectivity index (χ2n) is 3.30. The first-order chi connectivity index (χ1) is 5.14. The second kappa shape index (κ2) is 2.87. The van der Waals surface area contributed by atoms with Crippen LogP contribution in [0, 0.1) is 5.41 Å². The van der Waals surface area contributed by atoms with E-state index in [1.807, 2.05) is 24.3 Å². The molecule has 0 amide bonds. The lowest BCUT2D eigenvalue weighted by Crippen LogP contribution is -2.00. The Labute approximate surface area is 67.1 Å². The normalized spacial score (nSPS) is 20.7. The zero-order chi connectivity index (χ0) is 8.32. The Balaban J connectivity index is 2.91. The van der Waals surface area contributed by atoms with Gasteiger partial charge in [-0.25, -0.2) is 0 Å². The summed E-state index contributed by atoms with van der Waals surface area (Å²) in [5.74, 6) is 0. The number of aldehydes is 1. The second-order valence-corrected chi connectivity index (χ2v) is 3.30. The highest BCUT2D eigenvalue weighted by Crippen LogP contribution is 2.21. The van der Waals surface area contributed by atoms with Gasteiger partial charge in [-0.2, -0.15) is 0 Å². The maximum absolute atomic E-state index is 10.4. The summed E-state index contributed by atoms with van der Waals surface area (Å²) in [5, 5.41) is 0. The lowest BCUT2D eigenvalue weighted by Gasteiger charge is -2.12. The fourth-order valence-electron chi connectivity index (χ4n) is 0.908. The first-order valence-electron chi connectivity index (χ1n) is 3.68. The molecule has 0 heterocycles. The van der Waals surface area contributed by atoms with Gasteiger partial charge in [0.1, 0.15) is 6.29 Å². The van der Waals surface area contributed by atoms with Gasteiger partial charge in [0.25, 0.3) is 0 Å². The average molecular weight is 148 g/mol. The van der Waals surface area contributed by atoms with Gasteiger partial charge in [0.15, 0.2) is 0 Å². The van der Waals surface area contributed by atoms with Crippen LogP contribution in [-0.4, -0.2) is 6.29 Å². The predicted octanol–water partition coefficient (Wildman–Crippen LogP) is 2.26. The number of allylic oxidation sites excluding steroid dienone is 6. The molecule has 0 N–H and O–H groups in total. The fraction of sp³-hybridized carbons (Fsp3) is 0.300. The van der Waals surface area contributed by atoms with Gasteiger partial charge in [0.2, 0.25) is 0 Å². The molecule has 0 bridgehead atoms. The van der Waals surface area contributed by atoms with Gasteiger partial charge in [-0.1, -0.05) is 44.2 Å². The zero-order valence-corrected chi connectivity index (χ0v) is 6.87. The van der Waals surface area contributed by atoms with E-state index < -0.39 is 0 Å². The van der Waals surface area contributed by atoms with Crippen LogP contribution >= 0.6 is 0 Å². The van der Waals surface area contributed by atoms with Crippen LogP contribution in [0.4, 0.5) is 0 Å². The molecule has 0 saturated carbocycles. The molecular weight excluding hydrogens is 136 g/mol. The SMILES string of the molecule is CC1(C)C=CC=C(C=O)C=C1. The standard InChI is InChI=1S/C10H12O/c1-10(2)6-3-4-9(8-11)5-7-10/h3-8H,1-2H3. The Hall–Kier alpha value is -1.11. The Kier molecular flexibility index (Phi) is 2.08. The molecule has 0 aromatic heterocycles. The first kappa shape index (κ1) is 7.99. The maximum Gasteiger partial charge on any atom is 0.150 e. The number of hydrogen-bond donors (Lipinski definition) is 0. The van der Waals surface area contributed by atoms with Gasteiger partial charge < -0.3 is 0 Å². The van der Waals surface area contributed by atoms with Crippen LogP contribution in [0.3, 0.4) is 0 Å². The molecule has 1 rings (SSSR count). The summed E-state index contributed by atoms with van der Waals surface area (Å²) in [6.07, 6.45) is 10.5. The minimum Gasteiger partial charge on any atom is -0.298 e. The summed E-state index contributed by atoms with van der Waals surface area (Å²) in [6, 6.07) is 0. The molecule has 1 aliphatic carbocycles. The van der Waals surface area contributed by atoms with Crippen molar-refractivity contribution in [3.8, 4) is 0 Å². The molecular formula is C10H12O. The summed E-state index contributed by atoms with van der Waals surface area (Å²) >= 11 is 0. The third-order valence-corrected chi connectivity index (χ3v) is 1.66. The van der Waals surface area contributed by atoms with E-state index in [-0.39, 0.29) is 5.41 Å². The molecule has 0 unspecified atom stereocenters. The van der Waals surface area contributed by atoms with Crippen LogP contribution in [0.2, 0.25) is 0 Å². The Morgan fingerprint density at radius 2 is 2.09 bits per heavy atom. The minimum atomic E-state index is 0.0707. The largest absolute Gasteiger partial charge is 0.298 e. The number of carbonyl (C=O) groups is 1. The van der Waals surface area contributed by atoms with Crippen molar-refractivity contribution in [2.24, 2.45) is 5.41 Å². The molecule has 0 radical (unpaired) electrons. The van der Waals surface area contributed by atoms with Crippen molar-refractivity contribution >= 4 is 6.29 Å². The first-order valence-corrected chi connectivity index (χ1v) is 3.68. The predicted molar refractivity (Wildman–Crippen MR) is 46.2 cm³/mol. The summed E-state index contributed by atoms with van der Waals surface area (Å²) < 4.78 is 0. The van der Waals surface area contributed by atoms with Crippen molar-refractivity contribution in [1.29, 1.82) is 0 Å². The molecule has 58 valence electrons. The minimum absolute atomic E-state index is 0.0707. The van der Waals surface area contributed by atoms with E-state index in [0.29, 0.717) is 0 Å². The number of carbonyl (C=O) groups excluding carboxylic acids is 1. The summed E-state index contributed by atoms with van der Waals surface area (Å²) in [4.78, 5) is 10.4. The van der Waals surface area contributed by atoms with Crippen LogP contribution in [0.1, 0.15) is 13.8 Å². The van der Waals surface area contributed by atoms with E-state index in [1.165, 1.54) is 0 Å². The van der Waals surface area contributed by atoms with E-state index in [0.717, 1.165) is 11.9 Å². The van der Waals surface area contributed by atoms with Crippen molar-refractivity contribution in [1.82, 2.24) is 0 Å². The van der Waals surface area contributed by atoms with E-state index in [1.54, 1.807) is 0 Å². The van der Waals surface area contributed by atoms with Gasteiger partial charge in [-0.3, -0.25) is 4.79 Å². The molecule has 0 aliphatic heterocycles. The van der Waals surface area contributed by atoms with Crippen molar-refractivity contribution in [2.45, 2.75) is 13.8 Å². The van der Waals surface area contributed by atoms with Gasteiger partial charge in [-0.15, -0.1) is 0 Å². The van der Waals surface area contributed by atoms with Crippen molar-refractivity contribution < 1.29 is 4.79 Å². The molecule has 0 saturated heterocycles. The van der Waals surface area contributed by atoms with E-state index in [9.17, 15) is 4.79 Å². The quantitative estimate of drug-likeness (QED) is 0.521. The Morgan fingerprint density at radius 1 is 1.36 bits per heavy atom. The molecule has 0 aromatic carbocycles. The van der Waals surface area contributed by atoms with Crippen LogP contribution in [0.5, 0.6) is 0 Å². The molecule has 0 fully saturated rings. The third-order valence-electron chi connectivity index (χ3n) is 1.66. The molecule has 1 heteroatoms. The summed E-state index contributed by atoms with van der Waals surface area (Å²) in [5.41, 5.74) is 0.799. The molecule has 0 atom stereocenters. The molecule has 0 spiro atoms. The van der Waals surface area contributed by atoms with Gasteiger partial charge in [0.05, 0.1) is 0 Å². The number of hydrogen-bond acceptors (Lipinski definition) is 1. The van der Waals surface area contributed by atoms with Gasteiger partial charge in [0, 0.05) is 11.0 Å². The van der Waals surface area contributed by atoms with Gasteiger partial charge in [-0.05, 0) is 0 Å². The third kappa shape index (κ3) is 2.19. The van der Waals surface area contributed by atoms with Crippen LogP contribution in [0.15, 0.2) is 36.0 Å². The molecule has 1 nitrogen and oxygen atoms in total. The van der Waals surface area contributed by atoms with Gasteiger partial charge >= 0.3 is 0 Å². The van der Waals surface area contributed by atoms with Crippen molar-refractivity contribution in [2.75, 3.05) is 0 Å². The lowest BCUT2D eigenvalue weighted by atomic mass is 9.93. The maximum atomic E-state index is 10.4. The van der Waals surface area contributed by atoms with Crippen molar-refractivity contribution in [3.05, 3.63) is 36.0 Å². The van der Waals surface area contributed by atoms with Crippen LogP contribution in [-0.2, 0) is 4.79 Å². The zero-order valence-electron chi connectivity index (χ0n) is 6.87. The topological polar surface area (TPSA) is 17.1 Å². The molecule has 0 aromatic rings. The van der Waals surface area contributed by atoms with Crippen molar-refractivity contribution in [3.63, 3.8) is 0 Å². The van der Waals surface area contributed by atoms with Crippen LogP contribution in [0.25, 0.3) is 0 Å². The summed E-state index contributed by atoms with van der Waals surface area (Å²) in [6.45, 7) is 4.20.